The first-order valence-corrected chi connectivity index (χ1v) is 11.2. The molecule has 0 aliphatic heterocycles. The predicted octanol–water partition coefficient (Wildman–Crippen LogP) is 2.65. The lowest BCUT2D eigenvalue weighted by Crippen LogP contribution is -2.20. The molecule has 0 aliphatic rings. The van der Waals surface area contributed by atoms with Crippen LogP contribution < -0.4 is 15.6 Å². The van der Waals surface area contributed by atoms with Gasteiger partial charge < -0.3 is 15.0 Å². The van der Waals surface area contributed by atoms with Gasteiger partial charge in [-0.2, -0.15) is 0 Å². The van der Waals surface area contributed by atoms with E-state index in [-0.39, 0.29) is 21.7 Å². The molecule has 1 amide bonds. The number of hydrogen-bond acceptors (Lipinski definition) is 7. The summed E-state index contributed by atoms with van der Waals surface area (Å²) in [6.45, 7) is 1.88. The number of aromatic nitrogens is 2. The number of thioether (sulfide) groups is 1. The number of methoxy groups -OCH3 is 1. The number of carbonyl (C=O) groups is 1. The number of benzene rings is 2. The van der Waals surface area contributed by atoms with Crippen LogP contribution >= 0.6 is 11.8 Å². The van der Waals surface area contributed by atoms with Crippen LogP contribution in [0.15, 0.2) is 74.5 Å². The van der Waals surface area contributed by atoms with Crippen LogP contribution in [0.2, 0.25) is 0 Å². The van der Waals surface area contributed by atoms with Crippen molar-refractivity contribution < 1.29 is 17.9 Å². The third-order valence-electron chi connectivity index (χ3n) is 4.16. The lowest BCUT2D eigenvalue weighted by atomic mass is 10.2. The highest BCUT2D eigenvalue weighted by Gasteiger charge is 2.22. The van der Waals surface area contributed by atoms with E-state index in [1.54, 1.807) is 6.07 Å². The number of sulfone groups is 1. The second-order valence-corrected chi connectivity index (χ2v) is 9.09. The molecule has 0 atom stereocenters. The third kappa shape index (κ3) is 4.89. The summed E-state index contributed by atoms with van der Waals surface area (Å²) < 4.78 is 30.4. The van der Waals surface area contributed by atoms with Crippen molar-refractivity contribution in [3.05, 3.63) is 70.6 Å². The minimum atomic E-state index is -4.04. The smallest absolute Gasteiger partial charge is 0.270 e. The Labute approximate surface area is 177 Å². The molecule has 3 aromatic rings. The molecule has 0 saturated heterocycles. The number of carbonyl (C=O) groups excluding carboxylic acids is 1. The Hall–Kier alpha value is -3.11. The summed E-state index contributed by atoms with van der Waals surface area (Å²) in [6.07, 6.45) is 1.000. The van der Waals surface area contributed by atoms with Crippen molar-refractivity contribution >= 4 is 33.2 Å². The standard InChI is InChI=1S/C20H19N3O5S2/c1-13-5-3-4-6-16(13)22-18(24)12-29-20-21-11-17(19(25)23-20)30(26,27)15-9-7-14(28-2)8-10-15/h3-11H,12H2,1-2H3,(H,22,24)(H,21,23,25). The van der Waals surface area contributed by atoms with Gasteiger partial charge in [0.25, 0.3) is 5.56 Å². The number of aromatic amines is 1. The van der Waals surface area contributed by atoms with Gasteiger partial charge in [0.1, 0.15) is 5.75 Å². The number of rotatable bonds is 7. The molecule has 1 aromatic heterocycles. The molecule has 0 bridgehead atoms. The van der Waals surface area contributed by atoms with E-state index in [2.05, 4.69) is 15.3 Å². The maximum absolute atomic E-state index is 12.7. The first kappa shape index (κ1) is 21.6. The number of hydrogen-bond donors (Lipinski definition) is 2. The monoisotopic (exact) mass is 445 g/mol. The van der Waals surface area contributed by atoms with Crippen molar-refractivity contribution in [3.8, 4) is 5.75 Å². The van der Waals surface area contributed by atoms with Gasteiger partial charge in [-0.3, -0.25) is 9.59 Å². The van der Waals surface area contributed by atoms with Gasteiger partial charge >= 0.3 is 0 Å². The van der Waals surface area contributed by atoms with E-state index in [4.69, 9.17) is 4.74 Å². The van der Waals surface area contributed by atoms with Crippen LogP contribution in [0.3, 0.4) is 0 Å². The fourth-order valence-corrected chi connectivity index (χ4v) is 4.41. The molecule has 10 heteroatoms. The zero-order chi connectivity index (χ0) is 21.7. The molecule has 0 aliphatic carbocycles. The van der Waals surface area contributed by atoms with Crippen LogP contribution in [0.1, 0.15) is 5.56 Å². The van der Waals surface area contributed by atoms with Gasteiger partial charge in [0.05, 0.1) is 24.0 Å². The molecule has 1 heterocycles. The highest BCUT2D eigenvalue weighted by atomic mass is 32.2. The maximum atomic E-state index is 12.7. The molecule has 156 valence electrons. The Bertz CT molecular complexity index is 1220. The lowest BCUT2D eigenvalue weighted by molar-refractivity contribution is -0.113. The molecule has 0 saturated carbocycles. The summed E-state index contributed by atoms with van der Waals surface area (Å²) in [5, 5.41) is 2.92. The topological polar surface area (TPSA) is 118 Å². The zero-order valence-corrected chi connectivity index (χ0v) is 17.8. The molecule has 8 nitrogen and oxygen atoms in total. The Morgan fingerprint density at radius 3 is 2.50 bits per heavy atom. The van der Waals surface area contributed by atoms with Crippen molar-refractivity contribution in [2.45, 2.75) is 21.9 Å². The molecule has 0 fully saturated rings. The Balaban J connectivity index is 1.71. The van der Waals surface area contributed by atoms with Gasteiger partial charge in [0.2, 0.25) is 15.7 Å². The average molecular weight is 446 g/mol. The Kier molecular flexibility index (Phi) is 6.58. The quantitative estimate of drug-likeness (QED) is 0.424. The van der Waals surface area contributed by atoms with Gasteiger partial charge in [-0.1, -0.05) is 30.0 Å². The fourth-order valence-electron chi connectivity index (χ4n) is 2.55. The maximum Gasteiger partial charge on any atom is 0.270 e. The molecule has 0 spiro atoms. The Morgan fingerprint density at radius 2 is 1.87 bits per heavy atom. The molecule has 0 unspecified atom stereocenters. The predicted molar refractivity (Wildman–Crippen MR) is 114 cm³/mol. The fraction of sp³-hybridized carbons (Fsp3) is 0.150. The molecule has 2 N–H and O–H groups in total. The third-order valence-corrected chi connectivity index (χ3v) is 6.81. The van der Waals surface area contributed by atoms with Crippen molar-refractivity contribution in [2.24, 2.45) is 0 Å². The number of H-pyrrole nitrogens is 1. The number of anilines is 1. The van der Waals surface area contributed by atoms with E-state index in [9.17, 15) is 18.0 Å². The summed E-state index contributed by atoms with van der Waals surface area (Å²) in [7, 11) is -2.57. The second-order valence-electron chi connectivity index (χ2n) is 6.21. The van der Waals surface area contributed by atoms with Crippen LogP contribution in [0.5, 0.6) is 5.75 Å². The molecule has 30 heavy (non-hydrogen) atoms. The van der Waals surface area contributed by atoms with Crippen LogP contribution in [0, 0.1) is 6.92 Å². The summed E-state index contributed by atoms with van der Waals surface area (Å²) in [6, 6.07) is 13.0. The molecule has 2 aromatic carbocycles. The minimum Gasteiger partial charge on any atom is -0.497 e. The molecule has 0 radical (unpaired) electrons. The summed E-state index contributed by atoms with van der Waals surface area (Å²) in [4.78, 5) is 30.4. The van der Waals surface area contributed by atoms with Crippen molar-refractivity contribution in [1.29, 1.82) is 0 Å². The van der Waals surface area contributed by atoms with Gasteiger partial charge in [0, 0.05) is 5.69 Å². The largest absolute Gasteiger partial charge is 0.497 e. The van der Waals surface area contributed by atoms with Gasteiger partial charge in [0.15, 0.2) is 10.1 Å². The number of aryl methyl sites for hydroxylation is 1. The number of ether oxygens (including phenoxy) is 1. The van der Waals surface area contributed by atoms with Crippen molar-refractivity contribution in [3.63, 3.8) is 0 Å². The normalized spacial score (nSPS) is 11.1. The average Bonchev–Trinajstić information content (AvgIpc) is 2.74. The van der Waals surface area contributed by atoms with E-state index >= 15 is 0 Å². The minimum absolute atomic E-state index is 0.00184. The zero-order valence-electron chi connectivity index (χ0n) is 16.2. The molecular formula is C20H19N3O5S2. The van der Waals surface area contributed by atoms with Crippen molar-refractivity contribution in [2.75, 3.05) is 18.2 Å². The van der Waals surface area contributed by atoms with E-state index in [0.29, 0.717) is 11.4 Å². The Morgan fingerprint density at radius 1 is 1.17 bits per heavy atom. The van der Waals surface area contributed by atoms with Gasteiger partial charge in [-0.15, -0.1) is 0 Å². The summed E-state index contributed by atoms with van der Waals surface area (Å²) in [5.74, 6) is 0.227. The van der Waals surface area contributed by atoms with Crippen LogP contribution in [-0.2, 0) is 14.6 Å². The van der Waals surface area contributed by atoms with Crippen LogP contribution in [0.4, 0.5) is 5.69 Å². The summed E-state index contributed by atoms with van der Waals surface area (Å²) in [5.41, 5.74) is 0.823. The van der Waals surface area contributed by atoms with E-state index < -0.39 is 20.3 Å². The summed E-state index contributed by atoms with van der Waals surface area (Å²) >= 11 is 0.998. The lowest BCUT2D eigenvalue weighted by Gasteiger charge is -2.08. The van der Waals surface area contributed by atoms with Gasteiger partial charge in [-0.25, -0.2) is 13.4 Å². The highest BCUT2D eigenvalue weighted by molar-refractivity contribution is 7.99. The van der Waals surface area contributed by atoms with E-state index in [1.807, 2.05) is 25.1 Å². The first-order valence-electron chi connectivity index (χ1n) is 8.78. The van der Waals surface area contributed by atoms with E-state index in [1.165, 1.54) is 31.4 Å². The van der Waals surface area contributed by atoms with Crippen LogP contribution in [0.25, 0.3) is 0 Å². The van der Waals surface area contributed by atoms with Crippen molar-refractivity contribution in [1.82, 2.24) is 9.97 Å². The SMILES string of the molecule is COc1ccc(S(=O)(=O)c2cnc(SCC(=O)Nc3ccccc3C)[nH]c2=O)cc1. The molecule has 3 rings (SSSR count). The van der Waals surface area contributed by atoms with Crippen LogP contribution in [-0.4, -0.2) is 37.2 Å². The highest BCUT2D eigenvalue weighted by Crippen LogP contribution is 2.21. The second kappa shape index (κ2) is 9.14. The number of nitrogens with one attached hydrogen (secondary N) is 2. The van der Waals surface area contributed by atoms with Gasteiger partial charge in [-0.05, 0) is 42.8 Å². The molecular weight excluding hydrogens is 426 g/mol. The number of amides is 1. The first-order chi connectivity index (χ1) is 14.3. The van der Waals surface area contributed by atoms with E-state index in [0.717, 1.165) is 23.5 Å². The number of nitrogens with zero attached hydrogens (tertiary/aromatic N) is 1. The number of para-hydroxylation sites is 1.